The van der Waals surface area contributed by atoms with Gasteiger partial charge in [-0.25, -0.2) is 19.4 Å². The summed E-state index contributed by atoms with van der Waals surface area (Å²) in [5.41, 5.74) is 0.789. The van der Waals surface area contributed by atoms with Crippen LogP contribution in [0, 0.1) is 5.95 Å². The van der Waals surface area contributed by atoms with E-state index in [4.69, 9.17) is 10.2 Å². The van der Waals surface area contributed by atoms with Gasteiger partial charge in [-0.2, -0.15) is 9.45 Å². The van der Waals surface area contributed by atoms with Crippen LogP contribution in [0.5, 0.6) is 0 Å². The molecule has 1 aromatic heterocycles. The molecule has 0 spiro atoms. The Morgan fingerprint density at radius 2 is 1.51 bits per heavy atom. The number of halogens is 1. The number of carboxylic acid groups (broad SMARTS) is 3. The van der Waals surface area contributed by atoms with Crippen molar-refractivity contribution in [3.8, 4) is 0 Å². The van der Waals surface area contributed by atoms with Crippen LogP contribution in [0.25, 0.3) is 0 Å². The maximum Gasteiger partial charge on any atom is 0.342 e. The molecule has 41 heavy (non-hydrogen) atoms. The zero-order chi connectivity index (χ0) is 30.5. The summed E-state index contributed by atoms with van der Waals surface area (Å²) in [6.45, 7) is 0.120. The molecule has 0 saturated carbocycles. The lowest BCUT2D eigenvalue weighted by atomic mass is 10.1. The van der Waals surface area contributed by atoms with Gasteiger partial charge < -0.3 is 31.3 Å². The highest BCUT2D eigenvalue weighted by Crippen LogP contribution is 2.13. The van der Waals surface area contributed by atoms with Crippen LogP contribution >= 0.6 is 0 Å². The predicted octanol–water partition coefficient (Wildman–Crippen LogP) is 1.55. The standard InChI is InChI=1S/C25H28FN5O10/c26-19-10-6-15(13-28-19)22(35)29-16-7-4-14(5-8-16)21(34)27-12-2-1-3-18(24(38)39)31(41)25(40)30-17(23(36)37)9-11-20(32)33/h4-8,10,13,17-18,41H,1-3,9,11-12H2,(H,27,34)(H,29,35)(H,30,40)(H,32,33)(H,36,37)(H,38,39)/t17?,18-/m0/s1. The molecule has 0 aliphatic heterocycles. The van der Waals surface area contributed by atoms with E-state index < -0.39 is 66.6 Å². The van der Waals surface area contributed by atoms with Crippen LogP contribution < -0.4 is 16.0 Å². The minimum atomic E-state index is -1.73. The summed E-state index contributed by atoms with van der Waals surface area (Å²) in [4.78, 5) is 73.5. The van der Waals surface area contributed by atoms with Crippen molar-refractivity contribution in [2.24, 2.45) is 0 Å². The van der Waals surface area contributed by atoms with E-state index in [0.29, 0.717) is 5.69 Å². The van der Waals surface area contributed by atoms with Gasteiger partial charge in [0.05, 0.1) is 5.56 Å². The molecular weight excluding hydrogens is 549 g/mol. The zero-order valence-corrected chi connectivity index (χ0v) is 21.4. The first-order chi connectivity index (χ1) is 19.4. The van der Waals surface area contributed by atoms with E-state index in [2.05, 4.69) is 15.6 Å². The first kappa shape index (κ1) is 32.1. The van der Waals surface area contributed by atoms with Crippen LogP contribution in [0.1, 0.15) is 52.8 Å². The number of urea groups is 1. The third-order valence-electron chi connectivity index (χ3n) is 5.62. The lowest BCUT2D eigenvalue weighted by molar-refractivity contribution is -0.157. The summed E-state index contributed by atoms with van der Waals surface area (Å²) in [6, 6.07) is 3.39. The van der Waals surface area contributed by atoms with Gasteiger partial charge in [-0.3, -0.25) is 19.6 Å². The quantitative estimate of drug-likeness (QED) is 0.0694. The Hall–Kier alpha value is -5.12. The molecule has 1 aromatic carbocycles. The van der Waals surface area contributed by atoms with E-state index in [1.165, 1.54) is 30.3 Å². The number of benzene rings is 1. The number of hydroxylamine groups is 2. The topological polar surface area (TPSA) is 236 Å². The third kappa shape index (κ3) is 10.5. The van der Waals surface area contributed by atoms with Crippen LogP contribution in [0.4, 0.5) is 14.9 Å². The minimum absolute atomic E-state index is 0.120. The van der Waals surface area contributed by atoms with Gasteiger partial charge in [0.25, 0.3) is 11.8 Å². The van der Waals surface area contributed by atoms with Gasteiger partial charge in [0.2, 0.25) is 5.95 Å². The summed E-state index contributed by atoms with van der Waals surface area (Å²) < 4.78 is 12.9. The van der Waals surface area contributed by atoms with Crippen LogP contribution in [-0.4, -0.2) is 85.0 Å². The van der Waals surface area contributed by atoms with E-state index >= 15 is 0 Å². The molecule has 1 unspecified atom stereocenters. The monoisotopic (exact) mass is 577 g/mol. The van der Waals surface area contributed by atoms with Crippen molar-refractivity contribution in [3.05, 3.63) is 59.7 Å². The average Bonchev–Trinajstić information content (AvgIpc) is 2.92. The minimum Gasteiger partial charge on any atom is -0.481 e. The number of unbranched alkanes of at least 4 members (excludes halogenated alkanes) is 1. The molecule has 0 aliphatic rings. The molecule has 2 aromatic rings. The predicted molar refractivity (Wildman–Crippen MR) is 137 cm³/mol. The van der Waals surface area contributed by atoms with Gasteiger partial charge in [-0.05, 0) is 62.1 Å². The van der Waals surface area contributed by atoms with Gasteiger partial charge in [-0.1, -0.05) is 0 Å². The highest BCUT2D eigenvalue weighted by atomic mass is 19.1. The van der Waals surface area contributed by atoms with E-state index in [9.17, 15) is 43.5 Å². The SMILES string of the molecule is O=C(O)CCC(NC(=O)N(O)[C@@H](CCCCNC(=O)c1ccc(NC(=O)c2ccc(F)nc2)cc1)C(=O)O)C(=O)O. The molecule has 0 fully saturated rings. The summed E-state index contributed by atoms with van der Waals surface area (Å²) in [5, 5.41) is 44.1. The molecule has 16 heteroatoms. The van der Waals surface area contributed by atoms with Crippen molar-refractivity contribution >= 4 is 41.4 Å². The molecule has 0 aliphatic carbocycles. The number of pyridine rings is 1. The van der Waals surface area contributed by atoms with Crippen molar-refractivity contribution in [2.75, 3.05) is 11.9 Å². The summed E-state index contributed by atoms with van der Waals surface area (Å²) in [5.74, 6) is -6.12. The molecule has 220 valence electrons. The molecule has 7 N–H and O–H groups in total. The first-order valence-electron chi connectivity index (χ1n) is 12.2. The second kappa shape index (κ2) is 15.5. The van der Waals surface area contributed by atoms with Crippen molar-refractivity contribution < 1.29 is 53.7 Å². The van der Waals surface area contributed by atoms with Crippen LogP contribution in [0.2, 0.25) is 0 Å². The maximum atomic E-state index is 12.9. The number of rotatable bonds is 15. The lowest BCUT2D eigenvalue weighted by Crippen LogP contribution is -2.52. The van der Waals surface area contributed by atoms with E-state index in [0.717, 1.165) is 12.3 Å². The molecule has 1 heterocycles. The number of hydrogen-bond donors (Lipinski definition) is 7. The van der Waals surface area contributed by atoms with Crippen LogP contribution in [0.3, 0.4) is 0 Å². The number of carbonyl (C=O) groups excluding carboxylic acids is 3. The normalized spacial score (nSPS) is 12.0. The highest BCUT2D eigenvalue weighted by molar-refractivity contribution is 6.04. The number of aliphatic carboxylic acids is 3. The fourth-order valence-corrected chi connectivity index (χ4v) is 3.42. The maximum absolute atomic E-state index is 12.9. The van der Waals surface area contributed by atoms with Crippen molar-refractivity contribution in [3.63, 3.8) is 0 Å². The second-order valence-corrected chi connectivity index (χ2v) is 8.62. The fraction of sp³-hybridized carbons (Fsp3) is 0.320. The van der Waals surface area contributed by atoms with Gasteiger partial charge in [0.15, 0.2) is 6.04 Å². The van der Waals surface area contributed by atoms with Gasteiger partial charge >= 0.3 is 23.9 Å². The van der Waals surface area contributed by atoms with E-state index in [1.54, 1.807) is 0 Å². The molecule has 2 atom stereocenters. The Morgan fingerprint density at radius 1 is 0.854 bits per heavy atom. The van der Waals surface area contributed by atoms with E-state index in [1.807, 2.05) is 5.32 Å². The van der Waals surface area contributed by atoms with Crippen LogP contribution in [0.15, 0.2) is 42.6 Å². The largest absolute Gasteiger partial charge is 0.481 e. The molecular formula is C25H28FN5O10. The number of aromatic nitrogens is 1. The number of nitrogens with one attached hydrogen (secondary N) is 3. The van der Waals surface area contributed by atoms with Gasteiger partial charge in [-0.15, -0.1) is 0 Å². The molecule has 0 saturated heterocycles. The fourth-order valence-electron chi connectivity index (χ4n) is 3.42. The highest BCUT2D eigenvalue weighted by Gasteiger charge is 2.31. The molecule has 0 bridgehead atoms. The van der Waals surface area contributed by atoms with Crippen LogP contribution in [-0.2, 0) is 14.4 Å². The van der Waals surface area contributed by atoms with Gasteiger partial charge in [0, 0.05) is 30.4 Å². The number of anilines is 1. The third-order valence-corrected chi connectivity index (χ3v) is 5.62. The Bertz CT molecular complexity index is 1260. The number of nitrogens with zero attached hydrogens (tertiary/aromatic N) is 2. The Morgan fingerprint density at radius 3 is 2.07 bits per heavy atom. The smallest absolute Gasteiger partial charge is 0.342 e. The Labute approximate surface area is 231 Å². The molecule has 2 rings (SSSR count). The molecule has 4 amide bonds. The Kier molecular flexibility index (Phi) is 12.1. The van der Waals surface area contributed by atoms with Crippen molar-refractivity contribution in [1.82, 2.24) is 20.7 Å². The molecule has 0 radical (unpaired) electrons. The summed E-state index contributed by atoms with van der Waals surface area (Å²) in [6.07, 6.45) is 0.199. The van der Waals surface area contributed by atoms with Gasteiger partial charge in [0.1, 0.15) is 6.04 Å². The number of hydrogen-bond acceptors (Lipinski definition) is 8. The van der Waals surface area contributed by atoms with Crippen molar-refractivity contribution in [2.45, 2.75) is 44.2 Å². The average molecular weight is 578 g/mol. The summed E-state index contributed by atoms with van der Waals surface area (Å²) in [7, 11) is 0. The lowest BCUT2D eigenvalue weighted by Gasteiger charge is -2.24. The Balaban J connectivity index is 1.79. The zero-order valence-electron chi connectivity index (χ0n) is 21.4. The first-order valence-corrected chi connectivity index (χ1v) is 12.2. The number of carbonyl (C=O) groups is 6. The van der Waals surface area contributed by atoms with E-state index in [-0.39, 0.29) is 42.0 Å². The molecule has 15 nitrogen and oxygen atoms in total. The second-order valence-electron chi connectivity index (χ2n) is 8.62. The summed E-state index contributed by atoms with van der Waals surface area (Å²) >= 11 is 0. The number of amides is 4. The van der Waals surface area contributed by atoms with Crippen molar-refractivity contribution in [1.29, 1.82) is 0 Å². The number of carboxylic acids is 3.